The fourth-order valence-electron chi connectivity index (χ4n) is 3.26. The van der Waals surface area contributed by atoms with Gasteiger partial charge < -0.3 is 14.9 Å². The highest BCUT2D eigenvalue weighted by molar-refractivity contribution is 5.79. The Morgan fingerprint density at radius 2 is 2.05 bits per heavy atom. The van der Waals surface area contributed by atoms with E-state index in [-0.39, 0.29) is 6.03 Å². The molecule has 2 aliphatic rings. The fraction of sp³-hybridized carbons (Fsp3) is 0.875. The Morgan fingerprint density at radius 3 is 2.57 bits per heavy atom. The molecular formula is C16H28N2O3. The Kier molecular flexibility index (Phi) is 5.12. The Hall–Kier alpha value is -1.26. The molecule has 1 atom stereocenters. The summed E-state index contributed by atoms with van der Waals surface area (Å²) in [5, 5.41) is 9.53. The zero-order chi connectivity index (χ0) is 15.5. The minimum absolute atomic E-state index is 0.0440. The SMILES string of the molecule is CCCN(CC1CC1)C(=O)N1CCCC(CC)(C(=O)O)C1. The highest BCUT2D eigenvalue weighted by atomic mass is 16.4. The normalized spacial score (nSPS) is 25.7. The number of carboxylic acids is 1. The summed E-state index contributed by atoms with van der Waals surface area (Å²) < 4.78 is 0. The molecule has 1 N–H and O–H groups in total. The minimum atomic E-state index is -0.758. The molecule has 21 heavy (non-hydrogen) atoms. The van der Waals surface area contributed by atoms with Gasteiger partial charge in [0.25, 0.3) is 0 Å². The largest absolute Gasteiger partial charge is 0.481 e. The second-order valence-electron chi connectivity index (χ2n) is 6.64. The Labute approximate surface area is 127 Å². The lowest BCUT2D eigenvalue weighted by Gasteiger charge is -2.41. The van der Waals surface area contributed by atoms with Crippen molar-refractivity contribution in [2.45, 2.75) is 52.4 Å². The number of rotatable bonds is 6. The summed E-state index contributed by atoms with van der Waals surface area (Å²) in [4.78, 5) is 28.1. The van der Waals surface area contributed by atoms with Crippen LogP contribution in [0.3, 0.4) is 0 Å². The van der Waals surface area contributed by atoms with E-state index in [1.807, 2.05) is 11.8 Å². The number of likely N-dealkylation sites (tertiary alicyclic amines) is 1. The van der Waals surface area contributed by atoms with Crippen molar-refractivity contribution < 1.29 is 14.7 Å². The Balaban J connectivity index is 2.03. The van der Waals surface area contributed by atoms with Crippen LogP contribution in [0.1, 0.15) is 52.4 Å². The van der Waals surface area contributed by atoms with E-state index in [1.54, 1.807) is 4.90 Å². The molecule has 1 aliphatic carbocycles. The molecule has 0 bridgehead atoms. The number of piperidine rings is 1. The molecule has 2 rings (SSSR count). The minimum Gasteiger partial charge on any atom is -0.481 e. The molecule has 2 fully saturated rings. The monoisotopic (exact) mass is 296 g/mol. The first-order valence-corrected chi connectivity index (χ1v) is 8.29. The zero-order valence-electron chi connectivity index (χ0n) is 13.3. The van der Waals surface area contributed by atoms with Crippen molar-refractivity contribution in [3.05, 3.63) is 0 Å². The van der Waals surface area contributed by atoms with Gasteiger partial charge in [0.15, 0.2) is 0 Å². The van der Waals surface area contributed by atoms with Gasteiger partial charge in [-0.05, 0) is 44.4 Å². The van der Waals surface area contributed by atoms with Gasteiger partial charge in [-0.2, -0.15) is 0 Å². The number of aliphatic carboxylic acids is 1. The van der Waals surface area contributed by atoms with E-state index >= 15 is 0 Å². The lowest BCUT2D eigenvalue weighted by molar-refractivity contribution is -0.152. The van der Waals surface area contributed by atoms with Crippen LogP contribution in [-0.2, 0) is 4.79 Å². The van der Waals surface area contributed by atoms with Crippen LogP contribution in [0.5, 0.6) is 0 Å². The molecule has 120 valence electrons. The first-order chi connectivity index (χ1) is 10.0. The van der Waals surface area contributed by atoms with Gasteiger partial charge >= 0.3 is 12.0 Å². The van der Waals surface area contributed by atoms with Gasteiger partial charge in [-0.25, -0.2) is 4.79 Å². The Morgan fingerprint density at radius 1 is 1.33 bits per heavy atom. The molecule has 1 aliphatic heterocycles. The van der Waals surface area contributed by atoms with Crippen LogP contribution >= 0.6 is 0 Å². The zero-order valence-corrected chi connectivity index (χ0v) is 13.3. The molecule has 1 saturated heterocycles. The van der Waals surface area contributed by atoms with Gasteiger partial charge in [0.2, 0.25) is 0 Å². The Bertz CT molecular complexity index is 395. The molecular weight excluding hydrogens is 268 g/mol. The van der Waals surface area contributed by atoms with Crippen LogP contribution in [0.15, 0.2) is 0 Å². The van der Waals surface area contributed by atoms with E-state index in [4.69, 9.17) is 0 Å². The van der Waals surface area contributed by atoms with E-state index in [2.05, 4.69) is 6.92 Å². The second kappa shape index (κ2) is 6.67. The van der Waals surface area contributed by atoms with Gasteiger partial charge in [0.1, 0.15) is 0 Å². The van der Waals surface area contributed by atoms with Crippen molar-refractivity contribution in [2.75, 3.05) is 26.2 Å². The molecule has 0 aromatic rings. The molecule has 0 aromatic carbocycles. The summed E-state index contributed by atoms with van der Waals surface area (Å²) in [5.74, 6) is -0.0903. The summed E-state index contributed by atoms with van der Waals surface area (Å²) in [7, 11) is 0. The summed E-state index contributed by atoms with van der Waals surface area (Å²) >= 11 is 0. The number of amides is 2. The maximum absolute atomic E-state index is 12.7. The van der Waals surface area contributed by atoms with E-state index in [0.29, 0.717) is 31.8 Å². The van der Waals surface area contributed by atoms with Crippen LogP contribution in [0.4, 0.5) is 4.79 Å². The summed E-state index contributed by atoms with van der Waals surface area (Å²) in [6, 6.07) is 0.0440. The van der Waals surface area contributed by atoms with Gasteiger partial charge in [0.05, 0.1) is 5.41 Å². The third kappa shape index (κ3) is 3.69. The second-order valence-corrected chi connectivity index (χ2v) is 6.64. The molecule has 0 radical (unpaired) electrons. The number of urea groups is 1. The first kappa shape index (κ1) is 16.1. The maximum atomic E-state index is 12.7. The van der Waals surface area contributed by atoms with Crippen LogP contribution in [0.2, 0.25) is 0 Å². The van der Waals surface area contributed by atoms with E-state index < -0.39 is 11.4 Å². The third-order valence-corrected chi connectivity index (χ3v) is 4.92. The number of hydrogen-bond acceptors (Lipinski definition) is 2. The summed E-state index contributed by atoms with van der Waals surface area (Å²) in [5.41, 5.74) is -0.745. The highest BCUT2D eigenvalue weighted by Crippen LogP contribution is 2.35. The number of carboxylic acid groups (broad SMARTS) is 1. The van der Waals surface area contributed by atoms with Gasteiger partial charge in [0, 0.05) is 26.2 Å². The third-order valence-electron chi connectivity index (χ3n) is 4.92. The number of carbonyl (C=O) groups excluding carboxylic acids is 1. The first-order valence-electron chi connectivity index (χ1n) is 8.29. The molecule has 1 saturated carbocycles. The van der Waals surface area contributed by atoms with Gasteiger partial charge in [-0.15, -0.1) is 0 Å². The summed E-state index contributed by atoms with van der Waals surface area (Å²) in [6.07, 6.45) is 5.45. The van der Waals surface area contributed by atoms with E-state index in [0.717, 1.165) is 25.9 Å². The van der Waals surface area contributed by atoms with Crippen LogP contribution in [0.25, 0.3) is 0 Å². The molecule has 1 heterocycles. The van der Waals surface area contributed by atoms with E-state index in [1.165, 1.54) is 12.8 Å². The number of carbonyl (C=O) groups is 2. The van der Waals surface area contributed by atoms with Crippen molar-refractivity contribution in [1.29, 1.82) is 0 Å². The average molecular weight is 296 g/mol. The molecule has 0 spiro atoms. The molecule has 1 unspecified atom stereocenters. The number of nitrogens with zero attached hydrogens (tertiary/aromatic N) is 2. The topological polar surface area (TPSA) is 60.9 Å². The predicted molar refractivity (Wildman–Crippen MR) is 81.2 cm³/mol. The standard InChI is InChI=1S/C16H28N2O3/c1-3-9-17(11-13-6-7-13)15(21)18-10-5-8-16(4-2,12-18)14(19)20/h13H,3-12H2,1-2H3,(H,19,20). The van der Waals surface area contributed by atoms with Gasteiger partial charge in [-0.3, -0.25) is 4.79 Å². The average Bonchev–Trinajstić information content (AvgIpc) is 3.30. The molecule has 5 heteroatoms. The molecule has 5 nitrogen and oxygen atoms in total. The predicted octanol–water partition coefficient (Wildman–Crippen LogP) is 2.81. The lowest BCUT2D eigenvalue weighted by atomic mass is 9.78. The van der Waals surface area contributed by atoms with Crippen molar-refractivity contribution in [1.82, 2.24) is 9.80 Å². The van der Waals surface area contributed by atoms with Crippen LogP contribution < -0.4 is 0 Å². The number of hydrogen-bond donors (Lipinski definition) is 1. The molecule has 0 aromatic heterocycles. The highest BCUT2D eigenvalue weighted by Gasteiger charge is 2.43. The van der Waals surface area contributed by atoms with E-state index in [9.17, 15) is 14.7 Å². The maximum Gasteiger partial charge on any atom is 0.320 e. The van der Waals surface area contributed by atoms with Crippen molar-refractivity contribution in [2.24, 2.45) is 11.3 Å². The van der Waals surface area contributed by atoms with Gasteiger partial charge in [-0.1, -0.05) is 13.8 Å². The van der Waals surface area contributed by atoms with Crippen molar-refractivity contribution in [3.63, 3.8) is 0 Å². The summed E-state index contributed by atoms with van der Waals surface area (Å²) in [6.45, 7) is 6.67. The smallest absolute Gasteiger partial charge is 0.320 e. The fourth-order valence-corrected chi connectivity index (χ4v) is 3.26. The lowest BCUT2D eigenvalue weighted by Crippen LogP contribution is -2.53. The molecule has 2 amide bonds. The quantitative estimate of drug-likeness (QED) is 0.820. The van der Waals surface area contributed by atoms with Crippen molar-refractivity contribution >= 4 is 12.0 Å². The van der Waals surface area contributed by atoms with Crippen LogP contribution in [0, 0.1) is 11.3 Å². The van der Waals surface area contributed by atoms with Crippen molar-refractivity contribution in [3.8, 4) is 0 Å². The van der Waals surface area contributed by atoms with Crippen LogP contribution in [-0.4, -0.2) is 53.1 Å².